The van der Waals surface area contributed by atoms with E-state index in [9.17, 15) is 14.4 Å². The lowest BCUT2D eigenvalue weighted by Crippen LogP contribution is -2.30. The Bertz CT molecular complexity index is 1990. The predicted octanol–water partition coefficient (Wildman–Crippen LogP) is 23.0. The van der Waals surface area contributed by atoms with Crippen LogP contribution in [0.5, 0.6) is 0 Å². The van der Waals surface area contributed by atoms with Crippen molar-refractivity contribution >= 4 is 17.9 Å². The van der Waals surface area contributed by atoms with Crippen molar-refractivity contribution in [3.63, 3.8) is 0 Å². The maximum absolute atomic E-state index is 12.9. The summed E-state index contributed by atoms with van der Waals surface area (Å²) in [7, 11) is 0. The van der Waals surface area contributed by atoms with Crippen LogP contribution in [-0.2, 0) is 28.6 Å². The normalized spacial score (nSPS) is 13.4. The van der Waals surface area contributed by atoms with Gasteiger partial charge in [-0.25, -0.2) is 0 Å². The standard InChI is InChI=1S/C77H118O6/c1-4-7-10-13-16-19-22-25-28-31-34-35-36-37-38-39-40-41-44-46-49-52-55-58-61-64-67-70-76(79)82-73-74(83-77(80)71-68-65-62-59-56-53-50-47-43-33-30-27-24-21-18-15-12-9-6-3)72-81-75(78)69-66-63-60-57-54-51-48-45-42-32-29-26-23-20-17-14-11-8-5-2/h7-12,16-21,25-30,34-35,37-38,42-43,45,47,51,53-54,56,62,65,74H,4-6,13-15,22-24,31-33,36,39-41,44,46,48-50,52,55,57-61,63-64,66-73H2,1-3H3/b10-7-,11-8-,12-9-,19-16-,20-17-,21-18-,28-25-,29-26-,30-27-,35-34-,38-37-,45-42-,47-43-,54-51-,56-53-,65-62-. The molecule has 0 N–H and O–H groups in total. The Morgan fingerprint density at radius 3 is 0.735 bits per heavy atom. The fraction of sp³-hybridized carbons (Fsp3) is 0.545. The van der Waals surface area contributed by atoms with Crippen LogP contribution in [0.2, 0.25) is 0 Å². The van der Waals surface area contributed by atoms with Crippen molar-refractivity contribution in [2.45, 2.75) is 258 Å². The fourth-order valence-electron chi connectivity index (χ4n) is 8.29. The number of carbonyl (C=O) groups excluding carboxylic acids is 3. The first kappa shape index (κ1) is 77.2. The van der Waals surface area contributed by atoms with Gasteiger partial charge < -0.3 is 14.2 Å². The van der Waals surface area contributed by atoms with Crippen molar-refractivity contribution in [3.05, 3.63) is 194 Å². The predicted molar refractivity (Wildman–Crippen MR) is 361 cm³/mol. The molecule has 0 spiro atoms. The molecular formula is C77H118O6. The molecule has 83 heavy (non-hydrogen) atoms. The summed E-state index contributed by atoms with van der Waals surface area (Å²) < 4.78 is 16.8. The minimum absolute atomic E-state index is 0.131. The highest BCUT2D eigenvalue weighted by atomic mass is 16.6. The SMILES string of the molecule is CC/C=C\C/C=C\C/C=C\C/C=C\C/C=C\C/C=C\CCC(=O)OC(COC(=O)CCCCC/C=C\C/C=C\C/C=C\C/C=C\C/C=C\CC)COC(=O)CCCCCCCCCCCCC/C=C\C/C=C\C/C=C\C/C=C\C/C=C\CC. The van der Waals surface area contributed by atoms with Gasteiger partial charge in [-0.3, -0.25) is 14.4 Å². The maximum atomic E-state index is 12.9. The minimum atomic E-state index is -0.847. The Balaban J connectivity index is 4.53. The van der Waals surface area contributed by atoms with Gasteiger partial charge in [-0.2, -0.15) is 0 Å². The Labute approximate surface area is 509 Å². The third kappa shape index (κ3) is 66.9. The van der Waals surface area contributed by atoms with E-state index in [-0.39, 0.29) is 31.6 Å². The second-order valence-corrected chi connectivity index (χ2v) is 20.9. The van der Waals surface area contributed by atoms with E-state index in [1.165, 1.54) is 57.8 Å². The van der Waals surface area contributed by atoms with Crippen molar-refractivity contribution in [2.24, 2.45) is 0 Å². The quantitative estimate of drug-likeness (QED) is 0.0261. The summed E-state index contributed by atoms with van der Waals surface area (Å²) in [6.45, 7) is 6.20. The van der Waals surface area contributed by atoms with Gasteiger partial charge in [0.15, 0.2) is 6.10 Å². The second-order valence-electron chi connectivity index (χ2n) is 20.9. The molecule has 0 aromatic heterocycles. The summed E-state index contributed by atoms with van der Waals surface area (Å²) in [5, 5.41) is 0. The first-order valence-electron chi connectivity index (χ1n) is 32.9. The lowest BCUT2D eigenvalue weighted by Gasteiger charge is -2.18. The van der Waals surface area contributed by atoms with Gasteiger partial charge in [0, 0.05) is 19.3 Å². The third-order valence-corrected chi connectivity index (χ3v) is 13.1. The maximum Gasteiger partial charge on any atom is 0.306 e. The monoisotopic (exact) mass is 1140 g/mol. The van der Waals surface area contributed by atoms with Gasteiger partial charge in [0.2, 0.25) is 0 Å². The average Bonchev–Trinajstić information content (AvgIpc) is 3.50. The van der Waals surface area contributed by atoms with E-state index in [4.69, 9.17) is 14.2 Å². The van der Waals surface area contributed by atoms with Crippen LogP contribution in [0.15, 0.2) is 194 Å². The molecule has 0 aliphatic carbocycles. The van der Waals surface area contributed by atoms with Gasteiger partial charge in [-0.1, -0.05) is 279 Å². The van der Waals surface area contributed by atoms with E-state index < -0.39 is 12.1 Å². The van der Waals surface area contributed by atoms with Crippen molar-refractivity contribution in [1.82, 2.24) is 0 Å². The van der Waals surface area contributed by atoms with E-state index in [1.807, 2.05) is 12.2 Å². The molecule has 0 aromatic rings. The molecule has 6 nitrogen and oxygen atoms in total. The molecule has 0 radical (unpaired) electrons. The molecule has 0 rings (SSSR count). The van der Waals surface area contributed by atoms with Crippen LogP contribution < -0.4 is 0 Å². The van der Waals surface area contributed by atoms with Crippen molar-refractivity contribution in [3.8, 4) is 0 Å². The molecule has 1 unspecified atom stereocenters. The van der Waals surface area contributed by atoms with Crippen molar-refractivity contribution in [1.29, 1.82) is 0 Å². The summed E-state index contributed by atoms with van der Waals surface area (Å²) in [5.41, 5.74) is 0. The van der Waals surface area contributed by atoms with Gasteiger partial charge in [-0.15, -0.1) is 0 Å². The fourth-order valence-corrected chi connectivity index (χ4v) is 8.29. The van der Waals surface area contributed by atoms with E-state index in [0.29, 0.717) is 19.3 Å². The zero-order valence-electron chi connectivity index (χ0n) is 52.9. The molecule has 0 amide bonds. The summed E-state index contributed by atoms with van der Waals surface area (Å²) >= 11 is 0. The minimum Gasteiger partial charge on any atom is -0.462 e. The number of unbranched alkanes of at least 4 members (excludes halogenated alkanes) is 14. The first-order chi connectivity index (χ1) is 41.0. The number of hydrogen-bond donors (Lipinski definition) is 0. The molecule has 0 fully saturated rings. The molecule has 0 aromatic carbocycles. The highest BCUT2D eigenvalue weighted by Gasteiger charge is 2.19. The Morgan fingerprint density at radius 2 is 0.458 bits per heavy atom. The number of carbonyl (C=O) groups is 3. The number of rotatable bonds is 57. The second kappa shape index (κ2) is 68.7. The highest BCUT2D eigenvalue weighted by molar-refractivity contribution is 5.71. The number of hydrogen-bond acceptors (Lipinski definition) is 6. The zero-order chi connectivity index (χ0) is 59.9. The molecule has 6 heteroatoms. The molecule has 0 heterocycles. The molecule has 462 valence electrons. The molecule has 1 atom stereocenters. The van der Waals surface area contributed by atoms with Crippen LogP contribution in [0.25, 0.3) is 0 Å². The topological polar surface area (TPSA) is 78.9 Å². The number of allylic oxidation sites excluding steroid dienone is 32. The lowest BCUT2D eigenvalue weighted by atomic mass is 10.0. The smallest absolute Gasteiger partial charge is 0.306 e. The summed E-state index contributed by atoms with van der Waals surface area (Å²) in [5.74, 6) is -1.06. The average molecular weight is 1140 g/mol. The van der Waals surface area contributed by atoms with Crippen LogP contribution in [0.3, 0.4) is 0 Å². The molecule has 0 aliphatic rings. The molecule has 0 aliphatic heterocycles. The zero-order valence-corrected chi connectivity index (χ0v) is 52.9. The summed E-state index contributed by atoms with van der Waals surface area (Å²) in [6, 6.07) is 0. The molecular weight excluding hydrogens is 1020 g/mol. The van der Waals surface area contributed by atoms with Gasteiger partial charge in [0.05, 0.1) is 0 Å². The van der Waals surface area contributed by atoms with E-state index in [2.05, 4.69) is 203 Å². The Kier molecular flexibility index (Phi) is 64.0. The largest absolute Gasteiger partial charge is 0.462 e. The van der Waals surface area contributed by atoms with Gasteiger partial charge >= 0.3 is 17.9 Å². The number of ether oxygens (including phenoxy) is 3. The van der Waals surface area contributed by atoms with E-state index >= 15 is 0 Å². The van der Waals surface area contributed by atoms with Crippen LogP contribution >= 0.6 is 0 Å². The van der Waals surface area contributed by atoms with Crippen molar-refractivity contribution in [2.75, 3.05) is 13.2 Å². The van der Waals surface area contributed by atoms with Crippen LogP contribution in [0.4, 0.5) is 0 Å². The lowest BCUT2D eigenvalue weighted by molar-refractivity contribution is -0.166. The Morgan fingerprint density at radius 1 is 0.241 bits per heavy atom. The van der Waals surface area contributed by atoms with Gasteiger partial charge in [-0.05, 0) is 148 Å². The summed E-state index contributed by atoms with van der Waals surface area (Å²) in [6.07, 6.45) is 104. The van der Waals surface area contributed by atoms with Crippen LogP contribution in [0, 0.1) is 0 Å². The van der Waals surface area contributed by atoms with Crippen LogP contribution in [-0.4, -0.2) is 37.2 Å². The first-order valence-corrected chi connectivity index (χ1v) is 32.9. The van der Waals surface area contributed by atoms with Gasteiger partial charge in [0.25, 0.3) is 0 Å². The third-order valence-electron chi connectivity index (χ3n) is 13.1. The van der Waals surface area contributed by atoms with E-state index in [0.717, 1.165) is 148 Å². The molecule has 0 saturated carbocycles. The number of esters is 3. The summed E-state index contributed by atoms with van der Waals surface area (Å²) in [4.78, 5) is 38.4. The van der Waals surface area contributed by atoms with Crippen molar-refractivity contribution < 1.29 is 28.6 Å². The highest BCUT2D eigenvalue weighted by Crippen LogP contribution is 2.14. The van der Waals surface area contributed by atoms with Gasteiger partial charge in [0.1, 0.15) is 13.2 Å². The van der Waals surface area contributed by atoms with E-state index in [1.54, 1.807) is 0 Å². The van der Waals surface area contributed by atoms with Crippen LogP contribution in [0.1, 0.15) is 252 Å². The molecule has 0 bridgehead atoms. The molecule has 0 saturated heterocycles. The Hall–Kier alpha value is -5.75.